The Morgan fingerprint density at radius 3 is 2.75 bits per heavy atom. The van der Waals surface area contributed by atoms with Gasteiger partial charge in [-0.2, -0.15) is 0 Å². The molecule has 4 nitrogen and oxygen atoms in total. The van der Waals surface area contributed by atoms with E-state index in [-0.39, 0.29) is 18.5 Å². The molecular formula is C15H20ClN3O. The number of hydrogen-bond donors (Lipinski definition) is 2. The standard InChI is InChI=1S/C15H20ClN3O/c1-11(19(2)3)10-18-15(20)13-7-6-12(5-4-8-17)14(16)9-13/h6-7,9,11H,8,10,17H2,1-3H3,(H,18,20). The van der Waals surface area contributed by atoms with Crippen LogP contribution >= 0.6 is 11.6 Å². The van der Waals surface area contributed by atoms with Gasteiger partial charge >= 0.3 is 0 Å². The summed E-state index contributed by atoms with van der Waals surface area (Å²) in [4.78, 5) is 14.0. The molecule has 0 bridgehead atoms. The number of halogens is 1. The van der Waals surface area contributed by atoms with Crippen LogP contribution in [0.4, 0.5) is 0 Å². The minimum Gasteiger partial charge on any atom is -0.350 e. The van der Waals surface area contributed by atoms with Crippen molar-refractivity contribution >= 4 is 17.5 Å². The molecule has 1 atom stereocenters. The fourth-order valence-electron chi connectivity index (χ4n) is 1.43. The van der Waals surface area contributed by atoms with E-state index >= 15 is 0 Å². The molecule has 1 amide bonds. The Balaban J connectivity index is 2.73. The summed E-state index contributed by atoms with van der Waals surface area (Å²) < 4.78 is 0. The molecule has 1 unspecified atom stereocenters. The molecule has 0 spiro atoms. The molecule has 20 heavy (non-hydrogen) atoms. The summed E-state index contributed by atoms with van der Waals surface area (Å²) in [5.41, 5.74) is 6.52. The molecule has 0 aliphatic carbocycles. The lowest BCUT2D eigenvalue weighted by molar-refractivity contribution is 0.0943. The summed E-state index contributed by atoms with van der Waals surface area (Å²) in [6.07, 6.45) is 0. The van der Waals surface area contributed by atoms with E-state index in [0.717, 1.165) is 0 Å². The van der Waals surface area contributed by atoms with Crippen molar-refractivity contribution in [2.24, 2.45) is 5.73 Å². The number of carbonyl (C=O) groups is 1. The number of carbonyl (C=O) groups excluding carboxylic acids is 1. The number of rotatable bonds is 4. The monoisotopic (exact) mass is 293 g/mol. The largest absolute Gasteiger partial charge is 0.350 e. The minimum atomic E-state index is -0.140. The predicted octanol–water partition coefficient (Wildman–Crippen LogP) is 1.33. The second kappa shape index (κ2) is 7.91. The fourth-order valence-corrected chi connectivity index (χ4v) is 1.66. The summed E-state index contributed by atoms with van der Waals surface area (Å²) in [6.45, 7) is 2.90. The quantitative estimate of drug-likeness (QED) is 0.824. The normalized spacial score (nSPS) is 11.7. The van der Waals surface area contributed by atoms with Crippen molar-refractivity contribution in [2.45, 2.75) is 13.0 Å². The SMILES string of the molecule is CC(CNC(=O)c1ccc(C#CCN)c(Cl)c1)N(C)C. The summed E-state index contributed by atoms with van der Waals surface area (Å²) in [5, 5.41) is 3.33. The van der Waals surface area contributed by atoms with Crippen LogP contribution in [0.1, 0.15) is 22.8 Å². The molecule has 3 N–H and O–H groups in total. The molecular weight excluding hydrogens is 274 g/mol. The average Bonchev–Trinajstić information content (AvgIpc) is 2.42. The first-order chi connectivity index (χ1) is 9.45. The molecule has 0 fully saturated rings. The van der Waals surface area contributed by atoms with Gasteiger partial charge < -0.3 is 16.0 Å². The van der Waals surface area contributed by atoms with Crippen molar-refractivity contribution in [1.29, 1.82) is 0 Å². The van der Waals surface area contributed by atoms with Crippen molar-refractivity contribution in [1.82, 2.24) is 10.2 Å². The number of likely N-dealkylation sites (N-methyl/N-ethyl adjacent to an activating group) is 1. The van der Waals surface area contributed by atoms with Gasteiger partial charge in [-0.15, -0.1) is 0 Å². The van der Waals surface area contributed by atoms with Gasteiger partial charge in [0.15, 0.2) is 0 Å². The van der Waals surface area contributed by atoms with Crippen LogP contribution in [0.3, 0.4) is 0 Å². The Hall–Kier alpha value is -1.54. The number of hydrogen-bond acceptors (Lipinski definition) is 3. The van der Waals surface area contributed by atoms with E-state index in [1.807, 2.05) is 25.9 Å². The van der Waals surface area contributed by atoms with Gasteiger partial charge in [0.2, 0.25) is 0 Å². The topological polar surface area (TPSA) is 58.4 Å². The third-order valence-corrected chi connectivity index (χ3v) is 3.31. The molecule has 0 saturated carbocycles. The van der Waals surface area contributed by atoms with Crippen molar-refractivity contribution in [3.63, 3.8) is 0 Å². The lowest BCUT2D eigenvalue weighted by Crippen LogP contribution is -2.38. The maximum Gasteiger partial charge on any atom is 0.251 e. The van der Waals surface area contributed by atoms with E-state index in [4.69, 9.17) is 17.3 Å². The Morgan fingerprint density at radius 1 is 1.50 bits per heavy atom. The lowest BCUT2D eigenvalue weighted by atomic mass is 10.1. The predicted molar refractivity (Wildman–Crippen MR) is 82.9 cm³/mol. The van der Waals surface area contributed by atoms with Gasteiger partial charge in [0.1, 0.15) is 0 Å². The fraction of sp³-hybridized carbons (Fsp3) is 0.400. The Bertz CT molecular complexity index is 532. The summed E-state index contributed by atoms with van der Waals surface area (Å²) in [6, 6.07) is 5.33. The first-order valence-electron chi connectivity index (χ1n) is 6.38. The van der Waals surface area contributed by atoms with E-state index in [2.05, 4.69) is 17.2 Å². The first-order valence-corrected chi connectivity index (χ1v) is 6.76. The maximum absolute atomic E-state index is 12.0. The van der Waals surface area contributed by atoms with Crippen molar-refractivity contribution < 1.29 is 4.79 Å². The molecule has 0 aliphatic rings. The number of nitrogens with zero attached hydrogens (tertiary/aromatic N) is 1. The number of nitrogens with two attached hydrogens (primary N) is 1. The second-order valence-corrected chi connectivity index (χ2v) is 5.13. The molecule has 0 aromatic heterocycles. The summed E-state index contributed by atoms with van der Waals surface area (Å²) in [5.74, 6) is 5.45. The second-order valence-electron chi connectivity index (χ2n) is 4.72. The van der Waals surface area contributed by atoms with Crippen molar-refractivity contribution in [3.05, 3.63) is 34.3 Å². The van der Waals surface area contributed by atoms with E-state index in [1.54, 1.807) is 18.2 Å². The molecule has 1 aromatic carbocycles. The van der Waals surface area contributed by atoms with Gasteiger partial charge in [-0.1, -0.05) is 23.4 Å². The number of amides is 1. The molecule has 5 heteroatoms. The highest BCUT2D eigenvalue weighted by molar-refractivity contribution is 6.32. The number of nitrogens with one attached hydrogen (secondary N) is 1. The summed E-state index contributed by atoms with van der Waals surface area (Å²) >= 11 is 6.09. The highest BCUT2D eigenvalue weighted by Gasteiger charge is 2.10. The molecule has 0 radical (unpaired) electrons. The molecule has 1 aromatic rings. The zero-order chi connectivity index (χ0) is 15.1. The molecule has 0 heterocycles. The highest BCUT2D eigenvalue weighted by atomic mass is 35.5. The third kappa shape index (κ3) is 4.86. The van der Waals surface area contributed by atoms with Crippen LogP contribution in [0.5, 0.6) is 0 Å². The van der Waals surface area contributed by atoms with Crippen LogP contribution in [-0.4, -0.2) is 44.0 Å². The van der Waals surface area contributed by atoms with Crippen LogP contribution in [0.2, 0.25) is 5.02 Å². The molecule has 1 rings (SSSR count). The Morgan fingerprint density at radius 2 is 2.20 bits per heavy atom. The van der Waals surface area contributed by atoms with E-state index in [1.165, 1.54) is 0 Å². The maximum atomic E-state index is 12.0. The van der Waals surface area contributed by atoms with Crippen LogP contribution in [0, 0.1) is 11.8 Å². The Kier molecular flexibility index (Phi) is 6.53. The van der Waals surface area contributed by atoms with Crippen LogP contribution in [-0.2, 0) is 0 Å². The smallest absolute Gasteiger partial charge is 0.251 e. The molecule has 0 saturated heterocycles. The minimum absolute atomic E-state index is 0.140. The van der Waals surface area contributed by atoms with Crippen molar-refractivity contribution in [3.8, 4) is 11.8 Å². The van der Waals surface area contributed by atoms with Gasteiger partial charge in [-0.25, -0.2) is 0 Å². The van der Waals surface area contributed by atoms with Gasteiger partial charge in [0, 0.05) is 23.7 Å². The lowest BCUT2D eigenvalue weighted by Gasteiger charge is -2.20. The van der Waals surface area contributed by atoms with Gasteiger partial charge in [-0.3, -0.25) is 4.79 Å². The van der Waals surface area contributed by atoms with Gasteiger partial charge in [0.05, 0.1) is 11.6 Å². The van der Waals surface area contributed by atoms with E-state index in [9.17, 15) is 4.79 Å². The average molecular weight is 294 g/mol. The summed E-state index contributed by atoms with van der Waals surface area (Å²) in [7, 11) is 3.94. The van der Waals surface area contributed by atoms with Crippen LogP contribution in [0.25, 0.3) is 0 Å². The Labute approximate surface area is 125 Å². The van der Waals surface area contributed by atoms with Gasteiger partial charge in [-0.05, 0) is 39.2 Å². The van der Waals surface area contributed by atoms with Crippen molar-refractivity contribution in [2.75, 3.05) is 27.2 Å². The first kappa shape index (κ1) is 16.5. The number of benzene rings is 1. The van der Waals surface area contributed by atoms with Crippen LogP contribution in [0.15, 0.2) is 18.2 Å². The van der Waals surface area contributed by atoms with E-state index in [0.29, 0.717) is 22.7 Å². The molecule has 108 valence electrons. The zero-order valence-electron chi connectivity index (χ0n) is 12.0. The zero-order valence-corrected chi connectivity index (χ0v) is 12.8. The highest BCUT2D eigenvalue weighted by Crippen LogP contribution is 2.17. The van der Waals surface area contributed by atoms with Gasteiger partial charge in [0.25, 0.3) is 5.91 Å². The van der Waals surface area contributed by atoms with E-state index < -0.39 is 0 Å². The third-order valence-electron chi connectivity index (χ3n) is 3.00. The van der Waals surface area contributed by atoms with Crippen LogP contribution < -0.4 is 11.1 Å². The molecule has 0 aliphatic heterocycles.